The van der Waals surface area contributed by atoms with Gasteiger partial charge in [-0.3, -0.25) is 4.57 Å². The Labute approximate surface area is 130 Å². The van der Waals surface area contributed by atoms with Crippen molar-refractivity contribution in [2.75, 3.05) is 7.11 Å². The second kappa shape index (κ2) is 5.08. The van der Waals surface area contributed by atoms with Gasteiger partial charge >= 0.3 is 0 Å². The van der Waals surface area contributed by atoms with Crippen molar-refractivity contribution in [2.24, 2.45) is 5.14 Å². The van der Waals surface area contributed by atoms with E-state index >= 15 is 0 Å². The maximum atomic E-state index is 11.7. The van der Waals surface area contributed by atoms with Crippen molar-refractivity contribution in [3.63, 3.8) is 0 Å². The molecule has 7 nitrogen and oxygen atoms in total. The van der Waals surface area contributed by atoms with Crippen molar-refractivity contribution < 1.29 is 13.2 Å². The number of nitrogens with two attached hydrogens (primary N) is 1. The van der Waals surface area contributed by atoms with Gasteiger partial charge in [-0.25, -0.2) is 13.6 Å². The summed E-state index contributed by atoms with van der Waals surface area (Å²) in [5.41, 5.74) is 0.712. The van der Waals surface area contributed by atoms with Crippen LogP contribution in [-0.2, 0) is 10.0 Å². The zero-order valence-corrected chi connectivity index (χ0v) is 13.6. The van der Waals surface area contributed by atoms with Crippen LogP contribution in [0.15, 0.2) is 27.8 Å². The fraction of sp³-hybridized carbons (Fsp3) is 0.333. The van der Waals surface area contributed by atoms with Crippen molar-refractivity contribution in [2.45, 2.75) is 24.0 Å². The lowest BCUT2D eigenvalue weighted by Crippen LogP contribution is -2.18. The maximum absolute atomic E-state index is 11.7. The smallest absolute Gasteiger partial charge is 0.273 e. The molecule has 1 aromatic carbocycles. The molecule has 1 heterocycles. The number of rotatable bonds is 4. The van der Waals surface area contributed by atoms with E-state index in [-0.39, 0.29) is 11.2 Å². The number of halogens is 1. The largest absolute Gasteiger partial charge is 0.497 e. The molecule has 0 unspecified atom stereocenters. The highest BCUT2D eigenvalue weighted by atomic mass is 79.9. The summed E-state index contributed by atoms with van der Waals surface area (Å²) < 4.78 is 30.9. The second-order valence-corrected chi connectivity index (χ2v) is 7.11. The Hall–Kier alpha value is -1.45. The van der Waals surface area contributed by atoms with E-state index in [1.165, 1.54) is 0 Å². The second-order valence-electron chi connectivity index (χ2n) is 4.80. The number of ether oxygens (including phenoxy) is 1. The van der Waals surface area contributed by atoms with E-state index in [0.717, 1.165) is 17.3 Å². The van der Waals surface area contributed by atoms with Crippen LogP contribution in [0.2, 0.25) is 0 Å². The molecular weight excluding hydrogens is 360 g/mol. The monoisotopic (exact) mass is 372 g/mol. The number of benzene rings is 1. The number of primary sulfonamides is 1. The number of hydrogen-bond donors (Lipinski definition) is 1. The molecule has 1 fully saturated rings. The predicted octanol–water partition coefficient (Wildman–Crippen LogP) is 1.70. The number of hydrogen-bond acceptors (Lipinski definition) is 5. The molecule has 9 heteroatoms. The molecule has 0 radical (unpaired) electrons. The van der Waals surface area contributed by atoms with Crippen LogP contribution in [0.1, 0.15) is 18.9 Å². The highest BCUT2D eigenvalue weighted by Crippen LogP contribution is 2.41. The van der Waals surface area contributed by atoms with Crippen LogP contribution in [0.3, 0.4) is 0 Å². The number of nitrogens with zero attached hydrogens (tertiary/aromatic N) is 3. The zero-order valence-electron chi connectivity index (χ0n) is 11.2. The van der Waals surface area contributed by atoms with Gasteiger partial charge in [0.1, 0.15) is 5.75 Å². The summed E-state index contributed by atoms with van der Waals surface area (Å²) in [6.45, 7) is 0. The number of aromatic nitrogens is 3. The van der Waals surface area contributed by atoms with Crippen LogP contribution in [0.5, 0.6) is 5.75 Å². The zero-order chi connectivity index (χ0) is 15.2. The molecule has 0 atom stereocenters. The van der Waals surface area contributed by atoms with E-state index in [2.05, 4.69) is 26.1 Å². The third-order valence-electron chi connectivity index (χ3n) is 3.25. The van der Waals surface area contributed by atoms with Crippen molar-refractivity contribution in [1.82, 2.24) is 14.8 Å². The summed E-state index contributed by atoms with van der Waals surface area (Å²) in [4.78, 5) is 0. The van der Waals surface area contributed by atoms with Crippen LogP contribution in [-0.4, -0.2) is 30.3 Å². The third-order valence-corrected chi connectivity index (χ3v) is 4.72. The molecule has 0 aliphatic heterocycles. The fourth-order valence-corrected chi connectivity index (χ4v) is 3.21. The van der Waals surface area contributed by atoms with E-state index in [1.54, 1.807) is 23.8 Å². The average molecular weight is 373 g/mol. The molecule has 1 aliphatic carbocycles. The molecule has 3 rings (SSSR count). The summed E-state index contributed by atoms with van der Waals surface area (Å²) in [5.74, 6) is 1.11. The van der Waals surface area contributed by atoms with Crippen LogP contribution >= 0.6 is 15.9 Å². The van der Waals surface area contributed by atoms with Gasteiger partial charge in [0.05, 0.1) is 7.11 Å². The standard InChI is InChI=1S/C12H13BrN4O3S/c1-20-8-4-5-10(13)9(6-8)11-15-16-12(21(14,18)19)17(11)7-2-3-7/h4-7H,2-3H2,1H3,(H2,14,18,19). The first-order valence-corrected chi connectivity index (χ1v) is 8.57. The van der Waals surface area contributed by atoms with Gasteiger partial charge in [0.2, 0.25) is 0 Å². The van der Waals surface area contributed by atoms with Gasteiger partial charge in [0.25, 0.3) is 15.2 Å². The number of methoxy groups -OCH3 is 1. The molecule has 112 valence electrons. The van der Waals surface area contributed by atoms with E-state index in [4.69, 9.17) is 9.88 Å². The normalized spacial score (nSPS) is 15.2. The Morgan fingerprint density at radius 1 is 1.38 bits per heavy atom. The molecule has 2 N–H and O–H groups in total. The topological polar surface area (TPSA) is 100 Å². The minimum atomic E-state index is -3.91. The molecule has 1 saturated carbocycles. The SMILES string of the molecule is COc1ccc(Br)c(-c2nnc(S(N)(=O)=O)n2C2CC2)c1. The summed E-state index contributed by atoms with van der Waals surface area (Å²) in [5, 5.41) is 12.8. The van der Waals surface area contributed by atoms with Crippen LogP contribution in [0.4, 0.5) is 0 Å². The Kier molecular flexibility index (Phi) is 3.50. The molecule has 1 aliphatic rings. The van der Waals surface area contributed by atoms with E-state index in [1.807, 2.05) is 6.07 Å². The first kappa shape index (κ1) is 14.5. The van der Waals surface area contributed by atoms with Gasteiger partial charge in [0.15, 0.2) is 5.82 Å². The van der Waals surface area contributed by atoms with Crippen LogP contribution in [0.25, 0.3) is 11.4 Å². The molecule has 0 amide bonds. The summed E-state index contributed by atoms with van der Waals surface area (Å²) in [7, 11) is -2.35. The Bertz CT molecular complexity index is 799. The Balaban J connectivity index is 2.22. The first-order valence-electron chi connectivity index (χ1n) is 6.23. The lowest BCUT2D eigenvalue weighted by Gasteiger charge is -2.10. The first-order chi connectivity index (χ1) is 9.91. The highest BCUT2D eigenvalue weighted by Gasteiger charge is 2.34. The fourth-order valence-electron chi connectivity index (χ4n) is 2.12. The predicted molar refractivity (Wildman–Crippen MR) is 79.4 cm³/mol. The average Bonchev–Trinajstić information content (AvgIpc) is 3.17. The van der Waals surface area contributed by atoms with Crippen molar-refractivity contribution in [1.29, 1.82) is 0 Å². The third kappa shape index (κ3) is 2.68. The molecule has 1 aromatic heterocycles. The van der Waals surface area contributed by atoms with E-state index in [0.29, 0.717) is 17.1 Å². The lowest BCUT2D eigenvalue weighted by atomic mass is 10.2. The van der Waals surface area contributed by atoms with Crippen molar-refractivity contribution >= 4 is 26.0 Å². The van der Waals surface area contributed by atoms with Crippen molar-refractivity contribution in [3.05, 3.63) is 22.7 Å². The molecule has 2 aromatic rings. The summed E-state index contributed by atoms with van der Waals surface area (Å²) >= 11 is 3.44. The molecule has 0 bridgehead atoms. The molecule has 21 heavy (non-hydrogen) atoms. The molecule has 0 saturated heterocycles. The molecular formula is C12H13BrN4O3S. The maximum Gasteiger partial charge on any atom is 0.273 e. The highest BCUT2D eigenvalue weighted by molar-refractivity contribution is 9.10. The number of sulfonamides is 1. The van der Waals surface area contributed by atoms with Gasteiger partial charge < -0.3 is 4.74 Å². The summed E-state index contributed by atoms with van der Waals surface area (Å²) in [6.07, 6.45) is 1.77. The van der Waals surface area contributed by atoms with Crippen LogP contribution in [0, 0.1) is 0 Å². The molecule has 0 spiro atoms. The van der Waals surface area contributed by atoms with E-state index < -0.39 is 10.0 Å². The quantitative estimate of drug-likeness (QED) is 0.879. The Morgan fingerprint density at radius 2 is 2.10 bits per heavy atom. The van der Waals surface area contributed by atoms with Gasteiger partial charge in [-0.15, -0.1) is 10.2 Å². The van der Waals surface area contributed by atoms with Crippen LogP contribution < -0.4 is 9.88 Å². The van der Waals surface area contributed by atoms with Gasteiger partial charge in [0, 0.05) is 16.1 Å². The Morgan fingerprint density at radius 3 is 2.67 bits per heavy atom. The van der Waals surface area contributed by atoms with Gasteiger partial charge in [-0.05, 0) is 31.0 Å². The lowest BCUT2D eigenvalue weighted by molar-refractivity contribution is 0.415. The van der Waals surface area contributed by atoms with Gasteiger partial charge in [-0.2, -0.15) is 0 Å². The van der Waals surface area contributed by atoms with Gasteiger partial charge in [-0.1, -0.05) is 15.9 Å². The summed E-state index contributed by atoms with van der Waals surface area (Å²) in [6, 6.07) is 5.46. The minimum Gasteiger partial charge on any atom is -0.497 e. The van der Waals surface area contributed by atoms with Crippen molar-refractivity contribution in [3.8, 4) is 17.1 Å². The van der Waals surface area contributed by atoms with E-state index in [9.17, 15) is 8.42 Å². The minimum absolute atomic E-state index is 0.0708.